The van der Waals surface area contributed by atoms with E-state index in [1.165, 1.54) is 0 Å². The first-order valence-electron chi connectivity index (χ1n) is 6.37. The lowest BCUT2D eigenvalue weighted by Crippen LogP contribution is -2.06. The van der Waals surface area contributed by atoms with Crippen LogP contribution in [-0.4, -0.2) is 17.6 Å². The first kappa shape index (κ1) is 14.1. The van der Waals surface area contributed by atoms with Gasteiger partial charge in [-0.2, -0.15) is 0 Å². The van der Waals surface area contributed by atoms with E-state index in [0.29, 0.717) is 18.8 Å². The Kier molecular flexibility index (Phi) is 4.74. The van der Waals surface area contributed by atoms with E-state index in [4.69, 9.17) is 15.6 Å². The summed E-state index contributed by atoms with van der Waals surface area (Å²) in [5.41, 5.74) is 9.35. The van der Waals surface area contributed by atoms with E-state index in [1.54, 1.807) is 18.2 Å². The van der Waals surface area contributed by atoms with E-state index < -0.39 is 5.91 Å². The highest BCUT2D eigenvalue weighted by atomic mass is 16.5. The highest BCUT2D eigenvalue weighted by Gasteiger charge is 2.11. The zero-order valence-corrected chi connectivity index (χ0v) is 11.0. The molecule has 0 unspecified atom stereocenters. The van der Waals surface area contributed by atoms with Gasteiger partial charge in [0.15, 0.2) is 0 Å². The standard InChI is InChI=1S/C16H16NO3/c17-16(19)14-7-6-12(8-9-18)10-15(14)20-11-13-4-2-1-3-5-13/h1-7,10,17-18H,8-9,11H2. The van der Waals surface area contributed by atoms with Gasteiger partial charge in [-0.25, -0.2) is 0 Å². The molecule has 0 aliphatic rings. The first-order valence-corrected chi connectivity index (χ1v) is 6.37. The van der Waals surface area contributed by atoms with Crippen molar-refractivity contribution in [2.45, 2.75) is 13.0 Å². The number of aliphatic hydroxyl groups is 1. The number of benzene rings is 2. The van der Waals surface area contributed by atoms with Crippen molar-refractivity contribution in [1.29, 1.82) is 0 Å². The molecule has 4 nitrogen and oxygen atoms in total. The lowest BCUT2D eigenvalue weighted by atomic mass is 10.1. The van der Waals surface area contributed by atoms with Crippen LogP contribution in [-0.2, 0) is 13.0 Å². The predicted molar refractivity (Wildman–Crippen MR) is 75.4 cm³/mol. The van der Waals surface area contributed by atoms with Gasteiger partial charge >= 0.3 is 0 Å². The molecule has 2 rings (SSSR count). The second kappa shape index (κ2) is 6.73. The first-order chi connectivity index (χ1) is 9.70. The minimum atomic E-state index is -0.774. The Morgan fingerprint density at radius 2 is 1.85 bits per heavy atom. The normalized spacial score (nSPS) is 10.2. The molecule has 0 aromatic heterocycles. The van der Waals surface area contributed by atoms with Crippen LogP contribution in [0.1, 0.15) is 21.5 Å². The summed E-state index contributed by atoms with van der Waals surface area (Å²) in [6.07, 6.45) is 0.494. The number of nitrogens with one attached hydrogen (secondary N) is 1. The number of carbonyl (C=O) groups excluding carboxylic acids is 1. The SMILES string of the molecule is [NH]C(=O)c1ccc(CCO)cc1OCc1ccccc1. The molecular weight excluding hydrogens is 254 g/mol. The van der Waals surface area contributed by atoms with Crippen molar-refractivity contribution < 1.29 is 14.6 Å². The zero-order valence-electron chi connectivity index (χ0n) is 11.0. The lowest BCUT2D eigenvalue weighted by Gasteiger charge is -2.11. The van der Waals surface area contributed by atoms with Crippen LogP contribution in [0.25, 0.3) is 0 Å². The van der Waals surface area contributed by atoms with E-state index in [2.05, 4.69) is 0 Å². The summed E-state index contributed by atoms with van der Waals surface area (Å²) in [6.45, 7) is 0.371. The van der Waals surface area contributed by atoms with Crippen LogP contribution in [0, 0.1) is 0 Å². The molecule has 1 amide bonds. The van der Waals surface area contributed by atoms with Crippen LogP contribution in [0.5, 0.6) is 5.75 Å². The van der Waals surface area contributed by atoms with E-state index in [1.807, 2.05) is 30.3 Å². The van der Waals surface area contributed by atoms with Gasteiger partial charge < -0.3 is 9.84 Å². The summed E-state index contributed by atoms with van der Waals surface area (Å²) in [7, 11) is 0. The molecule has 20 heavy (non-hydrogen) atoms. The summed E-state index contributed by atoms with van der Waals surface area (Å²) in [5.74, 6) is -0.386. The van der Waals surface area contributed by atoms with Gasteiger partial charge in [-0.05, 0) is 29.7 Å². The van der Waals surface area contributed by atoms with E-state index in [0.717, 1.165) is 11.1 Å². The fourth-order valence-electron chi connectivity index (χ4n) is 1.89. The maximum absolute atomic E-state index is 11.3. The maximum Gasteiger partial charge on any atom is 0.273 e. The molecule has 0 atom stereocenters. The Morgan fingerprint density at radius 3 is 2.50 bits per heavy atom. The van der Waals surface area contributed by atoms with Crippen molar-refractivity contribution in [3.05, 3.63) is 65.2 Å². The summed E-state index contributed by atoms with van der Waals surface area (Å²) < 4.78 is 5.65. The van der Waals surface area contributed by atoms with Gasteiger partial charge in [-0.3, -0.25) is 10.5 Å². The molecule has 103 valence electrons. The topological polar surface area (TPSA) is 70.3 Å². The number of hydrogen-bond donors (Lipinski definition) is 1. The number of rotatable bonds is 6. The van der Waals surface area contributed by atoms with Crippen molar-refractivity contribution in [1.82, 2.24) is 5.73 Å². The van der Waals surface area contributed by atoms with Crippen LogP contribution >= 0.6 is 0 Å². The predicted octanol–water partition coefficient (Wildman–Crippen LogP) is 2.22. The third-order valence-corrected chi connectivity index (χ3v) is 2.93. The summed E-state index contributed by atoms with van der Waals surface area (Å²) in [4.78, 5) is 11.3. The number of ether oxygens (including phenoxy) is 1. The second-order valence-corrected chi connectivity index (χ2v) is 4.41. The Labute approximate surface area is 117 Å². The molecule has 0 fully saturated rings. The minimum absolute atomic E-state index is 0.0340. The fourth-order valence-corrected chi connectivity index (χ4v) is 1.89. The monoisotopic (exact) mass is 270 g/mol. The van der Waals surface area contributed by atoms with Gasteiger partial charge in [-0.15, -0.1) is 0 Å². The van der Waals surface area contributed by atoms with Crippen molar-refractivity contribution in [3.63, 3.8) is 0 Å². The molecule has 2 aromatic carbocycles. The molecule has 0 aliphatic carbocycles. The molecule has 0 saturated carbocycles. The Balaban J connectivity index is 2.19. The Morgan fingerprint density at radius 1 is 1.10 bits per heavy atom. The third-order valence-electron chi connectivity index (χ3n) is 2.93. The smallest absolute Gasteiger partial charge is 0.273 e. The van der Waals surface area contributed by atoms with Crippen LogP contribution in [0.3, 0.4) is 0 Å². The highest BCUT2D eigenvalue weighted by Crippen LogP contribution is 2.22. The molecule has 0 heterocycles. The van der Waals surface area contributed by atoms with E-state index in [-0.39, 0.29) is 12.2 Å². The Bertz CT molecular complexity index is 582. The zero-order chi connectivity index (χ0) is 14.4. The molecule has 2 N–H and O–H groups in total. The third kappa shape index (κ3) is 3.59. The average molecular weight is 270 g/mol. The number of aliphatic hydroxyl groups excluding tert-OH is 1. The molecule has 0 spiro atoms. The molecule has 0 bridgehead atoms. The number of hydrogen-bond acceptors (Lipinski definition) is 3. The van der Waals surface area contributed by atoms with Crippen LogP contribution in [0.2, 0.25) is 0 Å². The molecule has 0 saturated heterocycles. The van der Waals surface area contributed by atoms with Gasteiger partial charge in [0.05, 0.1) is 5.56 Å². The van der Waals surface area contributed by atoms with Crippen molar-refractivity contribution in [2.75, 3.05) is 6.61 Å². The quantitative estimate of drug-likeness (QED) is 0.875. The lowest BCUT2D eigenvalue weighted by molar-refractivity contribution is 0.0987. The summed E-state index contributed by atoms with van der Waals surface area (Å²) in [5, 5.41) is 8.95. The second-order valence-electron chi connectivity index (χ2n) is 4.41. The molecular formula is C16H16NO3. The van der Waals surface area contributed by atoms with Crippen molar-refractivity contribution in [2.24, 2.45) is 0 Å². The fraction of sp³-hybridized carbons (Fsp3) is 0.188. The van der Waals surface area contributed by atoms with E-state index >= 15 is 0 Å². The summed E-state index contributed by atoms with van der Waals surface area (Å²) >= 11 is 0. The van der Waals surface area contributed by atoms with Crippen LogP contribution in [0.4, 0.5) is 0 Å². The molecule has 4 heteroatoms. The number of amides is 1. The molecule has 2 aromatic rings. The van der Waals surface area contributed by atoms with E-state index in [9.17, 15) is 4.79 Å². The average Bonchev–Trinajstić information content (AvgIpc) is 2.46. The molecule has 0 aliphatic heterocycles. The number of carbonyl (C=O) groups is 1. The largest absolute Gasteiger partial charge is 0.488 e. The van der Waals surface area contributed by atoms with Gasteiger partial charge in [-0.1, -0.05) is 36.4 Å². The highest BCUT2D eigenvalue weighted by molar-refractivity contribution is 5.95. The molecule has 1 radical (unpaired) electrons. The maximum atomic E-state index is 11.3. The van der Waals surface area contributed by atoms with Gasteiger partial charge in [0.1, 0.15) is 12.4 Å². The van der Waals surface area contributed by atoms with Crippen LogP contribution < -0.4 is 10.5 Å². The van der Waals surface area contributed by atoms with Gasteiger partial charge in [0.25, 0.3) is 5.91 Å². The van der Waals surface area contributed by atoms with Gasteiger partial charge in [0, 0.05) is 6.61 Å². The minimum Gasteiger partial charge on any atom is -0.488 e. The van der Waals surface area contributed by atoms with Crippen molar-refractivity contribution >= 4 is 5.91 Å². The van der Waals surface area contributed by atoms with Crippen LogP contribution in [0.15, 0.2) is 48.5 Å². The van der Waals surface area contributed by atoms with Crippen molar-refractivity contribution in [3.8, 4) is 5.75 Å². The Hall–Kier alpha value is -2.33. The van der Waals surface area contributed by atoms with Gasteiger partial charge in [0.2, 0.25) is 0 Å². The summed E-state index contributed by atoms with van der Waals surface area (Å²) in [6, 6.07) is 14.6.